The van der Waals surface area contributed by atoms with E-state index in [4.69, 9.17) is 0 Å². The topological polar surface area (TPSA) is 63.1 Å². The van der Waals surface area contributed by atoms with Gasteiger partial charge in [0, 0.05) is 30.4 Å². The van der Waals surface area contributed by atoms with Gasteiger partial charge in [-0.1, -0.05) is 12.1 Å². The number of benzene rings is 2. The Morgan fingerprint density at radius 2 is 1.85 bits per heavy atom. The Hall–Kier alpha value is -3.27. The second-order valence-electron chi connectivity index (χ2n) is 12.0. The van der Waals surface area contributed by atoms with Crippen molar-refractivity contribution in [2.24, 2.45) is 7.05 Å². The quantitative estimate of drug-likeness (QED) is 0.399. The minimum atomic E-state index is -4.59. The van der Waals surface area contributed by atoms with Gasteiger partial charge in [0.2, 0.25) is 0 Å². The van der Waals surface area contributed by atoms with E-state index in [-0.39, 0.29) is 42.6 Å². The summed E-state index contributed by atoms with van der Waals surface area (Å²) in [4.78, 5) is 15.0. The Balaban J connectivity index is 1.35. The number of aryl methyl sites for hydroxylation is 1. The molecule has 3 aromatic rings. The standard InChI is InChI=1S/C29H31F4N5O/c1-26(30)15-28(16-26,25-36-35-17-37(25)3)19-6-4-7-20(12-19)38-14-22-21(24(38)39)10-18(11-23(22)29(31,32)33)13-34-27(2)8-5-9-27/h4,6-7,10-12,17,34H,5,8-9,13-16H2,1-3H3/t26-,28-. The lowest BCUT2D eigenvalue weighted by Crippen LogP contribution is -2.52. The van der Waals surface area contributed by atoms with E-state index in [9.17, 15) is 22.4 Å². The summed E-state index contributed by atoms with van der Waals surface area (Å²) < 4.78 is 59.1. The smallest absolute Gasteiger partial charge is 0.320 e. The van der Waals surface area contributed by atoms with E-state index in [1.807, 2.05) is 6.07 Å². The largest absolute Gasteiger partial charge is 0.416 e. The Morgan fingerprint density at radius 1 is 1.10 bits per heavy atom. The van der Waals surface area contributed by atoms with Crippen LogP contribution in [0.5, 0.6) is 0 Å². The first-order chi connectivity index (χ1) is 18.3. The van der Waals surface area contributed by atoms with Crippen molar-refractivity contribution in [3.8, 4) is 0 Å². The number of carbonyl (C=O) groups excluding carboxylic acids is 1. The highest BCUT2D eigenvalue weighted by atomic mass is 19.4. The van der Waals surface area contributed by atoms with E-state index in [1.54, 1.807) is 49.1 Å². The van der Waals surface area contributed by atoms with Gasteiger partial charge in [0.1, 0.15) is 17.8 Å². The first kappa shape index (κ1) is 26.0. The lowest BCUT2D eigenvalue weighted by Gasteiger charge is -2.49. The number of alkyl halides is 4. The van der Waals surface area contributed by atoms with E-state index in [0.717, 1.165) is 24.8 Å². The number of hydrogen-bond acceptors (Lipinski definition) is 4. The highest BCUT2D eigenvalue weighted by Crippen LogP contribution is 2.56. The summed E-state index contributed by atoms with van der Waals surface area (Å²) in [5.74, 6) is 0.142. The molecule has 206 valence electrons. The predicted octanol–water partition coefficient (Wildman–Crippen LogP) is 5.83. The molecule has 0 unspecified atom stereocenters. The van der Waals surface area contributed by atoms with Crippen molar-refractivity contribution in [1.29, 1.82) is 0 Å². The number of rotatable bonds is 6. The molecule has 0 saturated heterocycles. The van der Waals surface area contributed by atoms with Crippen LogP contribution in [0, 0.1) is 0 Å². The molecule has 0 spiro atoms. The average Bonchev–Trinajstić information content (AvgIpc) is 3.42. The first-order valence-corrected chi connectivity index (χ1v) is 13.2. The Kier molecular flexibility index (Phi) is 5.74. The second kappa shape index (κ2) is 8.61. The maximum atomic E-state index is 14.9. The molecule has 0 radical (unpaired) electrons. The summed E-state index contributed by atoms with van der Waals surface area (Å²) in [6.45, 7) is 3.69. The van der Waals surface area contributed by atoms with Gasteiger partial charge in [0.15, 0.2) is 0 Å². The van der Waals surface area contributed by atoms with Gasteiger partial charge in [0.05, 0.1) is 17.5 Å². The molecule has 2 heterocycles. The summed E-state index contributed by atoms with van der Waals surface area (Å²) in [6, 6.07) is 9.85. The van der Waals surface area contributed by atoms with Crippen molar-refractivity contribution in [3.63, 3.8) is 0 Å². The maximum Gasteiger partial charge on any atom is 0.416 e. The first-order valence-electron chi connectivity index (χ1n) is 13.2. The second-order valence-corrected chi connectivity index (χ2v) is 12.0. The van der Waals surface area contributed by atoms with E-state index in [2.05, 4.69) is 22.4 Å². The van der Waals surface area contributed by atoms with Crippen LogP contribution < -0.4 is 10.2 Å². The number of halogens is 4. The van der Waals surface area contributed by atoms with Crippen LogP contribution in [-0.2, 0) is 31.7 Å². The third kappa shape index (κ3) is 4.33. The van der Waals surface area contributed by atoms with Crippen LogP contribution in [0.15, 0.2) is 42.7 Å². The van der Waals surface area contributed by atoms with Crippen LogP contribution in [-0.4, -0.2) is 31.9 Å². The summed E-state index contributed by atoms with van der Waals surface area (Å²) in [5.41, 5.74) is -1.25. The molecule has 6 nitrogen and oxygen atoms in total. The SMILES string of the molecule is Cn1cnnc1[C@]1(c2cccc(N3Cc4c(cc(CNC5(C)CCC5)cc4C(F)(F)F)C3=O)c2)C[C@@](C)(F)C1. The van der Waals surface area contributed by atoms with Crippen LogP contribution in [0.25, 0.3) is 0 Å². The molecule has 2 aliphatic carbocycles. The molecule has 3 aliphatic rings. The molecule has 0 bridgehead atoms. The van der Waals surface area contributed by atoms with Gasteiger partial charge < -0.3 is 14.8 Å². The van der Waals surface area contributed by atoms with Crippen LogP contribution >= 0.6 is 0 Å². The fourth-order valence-electron chi connectivity index (χ4n) is 6.62. The molecular formula is C29H31F4N5O. The van der Waals surface area contributed by atoms with Crippen molar-refractivity contribution >= 4 is 11.6 Å². The molecular weight excluding hydrogens is 510 g/mol. The van der Waals surface area contributed by atoms with E-state index in [1.165, 1.54) is 11.0 Å². The van der Waals surface area contributed by atoms with Crippen molar-refractivity contribution in [3.05, 3.63) is 76.4 Å². The molecule has 2 saturated carbocycles. The van der Waals surface area contributed by atoms with Crippen molar-refractivity contribution in [1.82, 2.24) is 20.1 Å². The van der Waals surface area contributed by atoms with E-state index < -0.39 is 28.7 Å². The summed E-state index contributed by atoms with van der Waals surface area (Å²) >= 11 is 0. The van der Waals surface area contributed by atoms with Gasteiger partial charge in [0.25, 0.3) is 5.91 Å². The van der Waals surface area contributed by atoms with Gasteiger partial charge in [-0.2, -0.15) is 13.2 Å². The number of hydrogen-bond donors (Lipinski definition) is 1. The molecule has 10 heteroatoms. The van der Waals surface area contributed by atoms with E-state index in [0.29, 0.717) is 17.1 Å². The summed E-state index contributed by atoms with van der Waals surface area (Å²) in [6.07, 6.45) is 0.401. The monoisotopic (exact) mass is 541 g/mol. The van der Waals surface area contributed by atoms with Gasteiger partial charge in [-0.15, -0.1) is 10.2 Å². The number of carbonyl (C=O) groups is 1. The van der Waals surface area contributed by atoms with E-state index >= 15 is 0 Å². The zero-order valence-electron chi connectivity index (χ0n) is 22.2. The molecule has 6 rings (SSSR count). The highest BCUT2D eigenvalue weighted by molar-refractivity contribution is 6.10. The predicted molar refractivity (Wildman–Crippen MR) is 138 cm³/mol. The molecule has 2 aromatic carbocycles. The minimum absolute atomic E-state index is 0.0144. The number of amides is 1. The molecule has 39 heavy (non-hydrogen) atoms. The zero-order chi connectivity index (χ0) is 27.8. The Morgan fingerprint density at radius 3 is 2.44 bits per heavy atom. The van der Waals surface area contributed by atoms with Crippen LogP contribution in [0.1, 0.15) is 84.4 Å². The Labute approximate surface area is 224 Å². The van der Waals surface area contributed by atoms with Crippen molar-refractivity contribution in [2.75, 3.05) is 4.90 Å². The normalized spacial score (nSPS) is 25.8. The molecule has 2 fully saturated rings. The maximum absolute atomic E-state index is 14.9. The number of nitrogens with one attached hydrogen (secondary N) is 1. The van der Waals surface area contributed by atoms with Gasteiger partial charge in [-0.05, 0) is 86.9 Å². The number of anilines is 1. The third-order valence-electron chi connectivity index (χ3n) is 8.77. The molecule has 0 atom stereocenters. The fraction of sp³-hybridized carbons (Fsp3) is 0.483. The number of nitrogens with zero attached hydrogens (tertiary/aromatic N) is 4. The number of aromatic nitrogens is 3. The zero-order valence-corrected chi connectivity index (χ0v) is 22.2. The summed E-state index contributed by atoms with van der Waals surface area (Å²) in [7, 11) is 1.80. The van der Waals surface area contributed by atoms with Gasteiger partial charge in [-0.25, -0.2) is 4.39 Å². The summed E-state index contributed by atoms with van der Waals surface area (Å²) in [5, 5.41) is 11.6. The molecule has 1 amide bonds. The van der Waals surface area contributed by atoms with Crippen LogP contribution in [0.4, 0.5) is 23.2 Å². The fourth-order valence-corrected chi connectivity index (χ4v) is 6.62. The van der Waals surface area contributed by atoms with Crippen molar-refractivity contribution < 1.29 is 22.4 Å². The molecule has 1 N–H and O–H groups in total. The third-order valence-corrected chi connectivity index (χ3v) is 8.77. The molecule has 1 aromatic heterocycles. The average molecular weight is 542 g/mol. The highest BCUT2D eigenvalue weighted by Gasteiger charge is 2.57. The number of fused-ring (bicyclic) bond motifs is 1. The van der Waals surface area contributed by atoms with Gasteiger partial charge in [-0.3, -0.25) is 4.79 Å². The minimum Gasteiger partial charge on any atom is -0.320 e. The van der Waals surface area contributed by atoms with Crippen LogP contribution in [0.3, 0.4) is 0 Å². The lowest BCUT2D eigenvalue weighted by molar-refractivity contribution is -0.138. The van der Waals surface area contributed by atoms with Gasteiger partial charge >= 0.3 is 6.18 Å². The molecule has 1 aliphatic heterocycles. The lowest BCUT2D eigenvalue weighted by atomic mass is 9.57. The van der Waals surface area contributed by atoms with Crippen molar-refractivity contribution in [2.45, 2.75) is 81.8 Å². The van der Waals surface area contributed by atoms with Crippen LogP contribution in [0.2, 0.25) is 0 Å². The Bertz CT molecular complexity index is 1450.